The lowest BCUT2D eigenvalue weighted by atomic mass is 10.2. The molecule has 2 rings (SSSR count). The van der Waals surface area contributed by atoms with Crippen molar-refractivity contribution in [3.05, 3.63) is 23.8 Å². The zero-order valence-corrected chi connectivity index (χ0v) is 8.40. The number of benzene rings is 1. The Balaban J connectivity index is 2.19. The van der Waals surface area contributed by atoms with Gasteiger partial charge in [0.1, 0.15) is 18.8 Å². The van der Waals surface area contributed by atoms with Crippen LogP contribution in [0.2, 0.25) is 0 Å². The average Bonchev–Trinajstić information content (AvgIpc) is 3.09. The summed E-state index contributed by atoms with van der Waals surface area (Å²) in [7, 11) is 1.55. The standard InChI is InChI=1S/C11H11NO3/c1-13-10-4-2-3-8(5-12)11(10)15-7-9-6-14-9/h2-4,9H,6-7H2,1H3/t9-/m0/s1. The van der Waals surface area contributed by atoms with Crippen molar-refractivity contribution < 1.29 is 14.2 Å². The molecule has 4 heteroatoms. The molecule has 1 saturated heterocycles. The fourth-order valence-electron chi connectivity index (χ4n) is 1.25. The number of nitrogens with zero attached hydrogens (tertiary/aromatic N) is 1. The van der Waals surface area contributed by atoms with Crippen LogP contribution in [-0.4, -0.2) is 26.4 Å². The van der Waals surface area contributed by atoms with E-state index in [4.69, 9.17) is 19.5 Å². The number of rotatable bonds is 4. The van der Waals surface area contributed by atoms with E-state index in [1.165, 1.54) is 0 Å². The number of epoxide rings is 1. The molecule has 1 aliphatic rings. The minimum atomic E-state index is 0.168. The van der Waals surface area contributed by atoms with Gasteiger partial charge in [-0.3, -0.25) is 0 Å². The molecule has 1 fully saturated rings. The number of nitriles is 1. The first kappa shape index (κ1) is 9.81. The monoisotopic (exact) mass is 205 g/mol. The Morgan fingerprint density at radius 3 is 3.00 bits per heavy atom. The molecule has 1 aliphatic heterocycles. The zero-order chi connectivity index (χ0) is 10.7. The quantitative estimate of drug-likeness (QED) is 0.696. The minimum Gasteiger partial charge on any atom is -0.493 e. The molecule has 0 unspecified atom stereocenters. The van der Waals surface area contributed by atoms with Gasteiger partial charge in [0.05, 0.1) is 19.3 Å². The van der Waals surface area contributed by atoms with Gasteiger partial charge in [-0.15, -0.1) is 0 Å². The average molecular weight is 205 g/mol. The molecule has 1 atom stereocenters. The minimum absolute atomic E-state index is 0.168. The van der Waals surface area contributed by atoms with Crippen LogP contribution in [0.5, 0.6) is 11.5 Å². The van der Waals surface area contributed by atoms with Gasteiger partial charge >= 0.3 is 0 Å². The van der Waals surface area contributed by atoms with Gasteiger partial charge < -0.3 is 14.2 Å². The van der Waals surface area contributed by atoms with Crippen LogP contribution in [0.4, 0.5) is 0 Å². The van der Waals surface area contributed by atoms with Gasteiger partial charge in [0.15, 0.2) is 11.5 Å². The molecular weight excluding hydrogens is 194 g/mol. The van der Waals surface area contributed by atoms with Crippen LogP contribution in [0, 0.1) is 11.3 Å². The first-order valence-electron chi connectivity index (χ1n) is 4.66. The molecule has 15 heavy (non-hydrogen) atoms. The number of hydrogen-bond donors (Lipinski definition) is 0. The van der Waals surface area contributed by atoms with Crippen molar-refractivity contribution in [2.24, 2.45) is 0 Å². The summed E-state index contributed by atoms with van der Waals surface area (Å²) >= 11 is 0. The summed E-state index contributed by atoms with van der Waals surface area (Å²) in [6.45, 7) is 1.20. The van der Waals surface area contributed by atoms with Gasteiger partial charge in [0.25, 0.3) is 0 Å². The van der Waals surface area contributed by atoms with Crippen LogP contribution in [0.3, 0.4) is 0 Å². The van der Waals surface area contributed by atoms with Gasteiger partial charge in [0.2, 0.25) is 0 Å². The van der Waals surface area contributed by atoms with E-state index in [0.29, 0.717) is 23.7 Å². The summed E-state index contributed by atoms with van der Waals surface area (Å²) in [6.07, 6.45) is 0.168. The second-order valence-corrected chi connectivity index (χ2v) is 3.22. The van der Waals surface area contributed by atoms with E-state index in [2.05, 4.69) is 6.07 Å². The van der Waals surface area contributed by atoms with Crippen LogP contribution in [-0.2, 0) is 4.74 Å². The Kier molecular flexibility index (Phi) is 2.75. The summed E-state index contributed by atoms with van der Waals surface area (Å²) in [5.74, 6) is 1.08. The second kappa shape index (κ2) is 4.20. The van der Waals surface area contributed by atoms with Crippen LogP contribution in [0.15, 0.2) is 18.2 Å². The van der Waals surface area contributed by atoms with Crippen molar-refractivity contribution in [2.75, 3.05) is 20.3 Å². The topological polar surface area (TPSA) is 54.8 Å². The molecule has 0 aromatic heterocycles. The summed E-state index contributed by atoms with van der Waals surface area (Å²) in [5.41, 5.74) is 0.481. The number of methoxy groups -OCH3 is 1. The van der Waals surface area contributed by atoms with Crippen molar-refractivity contribution in [3.63, 3.8) is 0 Å². The highest BCUT2D eigenvalue weighted by Gasteiger charge is 2.24. The Labute approximate surface area is 88.0 Å². The molecule has 1 aromatic carbocycles. The lowest BCUT2D eigenvalue weighted by molar-refractivity contribution is 0.251. The van der Waals surface area contributed by atoms with E-state index in [9.17, 15) is 0 Å². The van der Waals surface area contributed by atoms with Crippen molar-refractivity contribution >= 4 is 0 Å². The molecule has 0 saturated carbocycles. The maximum absolute atomic E-state index is 8.90. The normalized spacial score (nSPS) is 18.0. The predicted molar refractivity (Wildman–Crippen MR) is 52.9 cm³/mol. The molecule has 1 aromatic rings. The van der Waals surface area contributed by atoms with E-state index in [1.807, 2.05) is 0 Å². The van der Waals surface area contributed by atoms with E-state index in [-0.39, 0.29) is 6.10 Å². The maximum Gasteiger partial charge on any atom is 0.179 e. The summed E-state index contributed by atoms with van der Waals surface area (Å²) in [6, 6.07) is 7.30. The molecule has 0 amide bonds. The van der Waals surface area contributed by atoms with Gasteiger partial charge in [0, 0.05) is 0 Å². The van der Waals surface area contributed by atoms with E-state index >= 15 is 0 Å². The summed E-state index contributed by atoms with van der Waals surface area (Å²) in [4.78, 5) is 0. The summed E-state index contributed by atoms with van der Waals surface area (Å²) < 4.78 is 15.7. The first-order valence-corrected chi connectivity index (χ1v) is 4.66. The molecule has 0 N–H and O–H groups in total. The Morgan fingerprint density at radius 1 is 1.60 bits per heavy atom. The van der Waals surface area contributed by atoms with Gasteiger partial charge in [-0.05, 0) is 12.1 Å². The van der Waals surface area contributed by atoms with Crippen LogP contribution < -0.4 is 9.47 Å². The lowest BCUT2D eigenvalue weighted by Gasteiger charge is -2.10. The van der Waals surface area contributed by atoms with Crippen molar-refractivity contribution in [3.8, 4) is 17.6 Å². The van der Waals surface area contributed by atoms with Crippen molar-refractivity contribution in [1.29, 1.82) is 5.26 Å². The molecule has 4 nitrogen and oxygen atoms in total. The highest BCUT2D eigenvalue weighted by atomic mass is 16.6. The third kappa shape index (κ3) is 2.20. The molecule has 78 valence electrons. The highest BCUT2D eigenvalue weighted by Crippen LogP contribution is 2.31. The van der Waals surface area contributed by atoms with Gasteiger partial charge in [-0.1, -0.05) is 6.07 Å². The van der Waals surface area contributed by atoms with Gasteiger partial charge in [-0.2, -0.15) is 5.26 Å². The Bertz CT molecular complexity index is 393. The molecule has 1 heterocycles. The van der Waals surface area contributed by atoms with E-state index in [1.54, 1.807) is 25.3 Å². The Hall–Kier alpha value is -1.73. The van der Waals surface area contributed by atoms with Crippen LogP contribution in [0.1, 0.15) is 5.56 Å². The largest absolute Gasteiger partial charge is 0.493 e. The summed E-state index contributed by atoms with van der Waals surface area (Å²) in [5, 5.41) is 8.90. The first-order chi connectivity index (χ1) is 7.35. The fraction of sp³-hybridized carbons (Fsp3) is 0.364. The van der Waals surface area contributed by atoms with E-state index in [0.717, 1.165) is 6.61 Å². The molecule has 0 aliphatic carbocycles. The van der Waals surface area contributed by atoms with Crippen molar-refractivity contribution in [2.45, 2.75) is 6.10 Å². The molecule has 0 radical (unpaired) electrons. The third-order valence-electron chi connectivity index (χ3n) is 2.14. The van der Waals surface area contributed by atoms with Gasteiger partial charge in [-0.25, -0.2) is 0 Å². The third-order valence-corrected chi connectivity index (χ3v) is 2.14. The SMILES string of the molecule is COc1cccc(C#N)c1OC[C@@H]1CO1. The smallest absolute Gasteiger partial charge is 0.179 e. The Morgan fingerprint density at radius 2 is 2.40 bits per heavy atom. The molecule has 0 spiro atoms. The lowest BCUT2D eigenvalue weighted by Crippen LogP contribution is -2.06. The van der Waals surface area contributed by atoms with Crippen LogP contribution in [0.25, 0.3) is 0 Å². The number of para-hydroxylation sites is 1. The molecule has 0 bridgehead atoms. The van der Waals surface area contributed by atoms with E-state index < -0.39 is 0 Å². The fourth-order valence-corrected chi connectivity index (χ4v) is 1.25. The molecular formula is C11H11NO3. The predicted octanol–water partition coefficient (Wildman–Crippen LogP) is 1.34. The zero-order valence-electron chi connectivity index (χ0n) is 8.40. The second-order valence-electron chi connectivity index (χ2n) is 3.22. The number of ether oxygens (including phenoxy) is 3. The maximum atomic E-state index is 8.90. The van der Waals surface area contributed by atoms with Crippen LogP contribution >= 0.6 is 0 Å². The highest BCUT2D eigenvalue weighted by molar-refractivity contribution is 5.52. The van der Waals surface area contributed by atoms with Crippen molar-refractivity contribution in [1.82, 2.24) is 0 Å². The number of hydrogen-bond acceptors (Lipinski definition) is 4.